The van der Waals surface area contributed by atoms with Crippen LogP contribution in [0.1, 0.15) is 65.6 Å². The standard InChI is InChI=1S/C16H30N2S/c1-12(10-17-16(5,6)7)8-9-14-18-13(11-19-14)15(2,3)4/h11-12,17H,8-10H2,1-7H3. The summed E-state index contributed by atoms with van der Waals surface area (Å²) in [6.07, 6.45) is 2.31. The van der Waals surface area contributed by atoms with Crippen LogP contribution >= 0.6 is 11.3 Å². The van der Waals surface area contributed by atoms with E-state index in [9.17, 15) is 0 Å². The van der Waals surface area contributed by atoms with Crippen molar-refractivity contribution in [2.45, 2.75) is 72.3 Å². The normalized spacial score (nSPS) is 14.7. The number of hydrogen-bond donors (Lipinski definition) is 1. The van der Waals surface area contributed by atoms with E-state index in [1.54, 1.807) is 0 Å². The lowest BCUT2D eigenvalue weighted by atomic mass is 9.93. The largest absolute Gasteiger partial charge is 0.312 e. The van der Waals surface area contributed by atoms with Crippen molar-refractivity contribution in [2.24, 2.45) is 5.92 Å². The van der Waals surface area contributed by atoms with E-state index in [1.165, 1.54) is 17.1 Å². The maximum atomic E-state index is 4.76. The highest BCUT2D eigenvalue weighted by atomic mass is 32.1. The number of rotatable bonds is 5. The van der Waals surface area contributed by atoms with Crippen molar-refractivity contribution < 1.29 is 0 Å². The third-order valence-corrected chi connectivity index (χ3v) is 4.06. The van der Waals surface area contributed by atoms with Gasteiger partial charge in [0.2, 0.25) is 0 Å². The molecule has 0 fully saturated rings. The summed E-state index contributed by atoms with van der Waals surface area (Å²) in [6.45, 7) is 16.7. The highest BCUT2D eigenvalue weighted by Gasteiger charge is 2.17. The Morgan fingerprint density at radius 1 is 1.21 bits per heavy atom. The summed E-state index contributed by atoms with van der Waals surface area (Å²) in [7, 11) is 0. The molecule has 0 aliphatic rings. The summed E-state index contributed by atoms with van der Waals surface area (Å²) in [5.74, 6) is 0.696. The highest BCUT2D eigenvalue weighted by molar-refractivity contribution is 7.09. The lowest BCUT2D eigenvalue weighted by Crippen LogP contribution is -2.38. The molecule has 1 heterocycles. The van der Waals surface area contributed by atoms with E-state index in [0.29, 0.717) is 5.92 Å². The van der Waals surface area contributed by atoms with Crippen LogP contribution in [0, 0.1) is 5.92 Å². The molecule has 0 bridgehead atoms. The molecule has 0 spiro atoms. The molecule has 1 N–H and O–H groups in total. The first-order chi connectivity index (χ1) is 8.58. The Kier molecular flexibility index (Phi) is 5.57. The molecule has 0 aromatic carbocycles. The monoisotopic (exact) mass is 282 g/mol. The Hall–Kier alpha value is -0.410. The van der Waals surface area contributed by atoms with Gasteiger partial charge in [-0.2, -0.15) is 0 Å². The van der Waals surface area contributed by atoms with Crippen molar-refractivity contribution in [2.75, 3.05) is 6.54 Å². The first-order valence-corrected chi connectivity index (χ1v) is 8.16. The van der Waals surface area contributed by atoms with Crippen LogP contribution in [0.15, 0.2) is 5.38 Å². The third-order valence-electron chi connectivity index (χ3n) is 3.15. The fourth-order valence-corrected chi connectivity index (χ4v) is 2.76. The van der Waals surface area contributed by atoms with Gasteiger partial charge in [0.1, 0.15) is 0 Å². The fraction of sp³-hybridized carbons (Fsp3) is 0.812. The van der Waals surface area contributed by atoms with E-state index in [0.717, 1.165) is 13.0 Å². The number of nitrogens with one attached hydrogen (secondary N) is 1. The molecular formula is C16H30N2S. The summed E-state index contributed by atoms with van der Waals surface area (Å²) in [4.78, 5) is 4.76. The Morgan fingerprint density at radius 2 is 1.84 bits per heavy atom. The zero-order chi connectivity index (χ0) is 14.7. The zero-order valence-corrected chi connectivity index (χ0v) is 14.4. The van der Waals surface area contributed by atoms with Crippen LogP contribution in [0.2, 0.25) is 0 Å². The predicted molar refractivity (Wildman–Crippen MR) is 86.1 cm³/mol. The Bertz CT molecular complexity index is 382. The Morgan fingerprint density at radius 3 is 2.32 bits per heavy atom. The second-order valence-electron chi connectivity index (χ2n) is 7.65. The Labute approximate surface area is 123 Å². The van der Waals surface area contributed by atoms with Crippen molar-refractivity contribution in [1.82, 2.24) is 10.3 Å². The van der Waals surface area contributed by atoms with Crippen LogP contribution in [0.3, 0.4) is 0 Å². The number of thiazole rings is 1. The molecule has 0 aliphatic carbocycles. The molecule has 0 aliphatic heterocycles. The molecule has 2 nitrogen and oxygen atoms in total. The van der Waals surface area contributed by atoms with Crippen molar-refractivity contribution in [1.29, 1.82) is 0 Å². The fourth-order valence-electron chi connectivity index (χ4n) is 1.72. The van der Waals surface area contributed by atoms with Crippen molar-refractivity contribution in [3.8, 4) is 0 Å². The van der Waals surface area contributed by atoms with Gasteiger partial charge in [-0.15, -0.1) is 11.3 Å². The molecule has 1 rings (SSSR count). The van der Waals surface area contributed by atoms with Gasteiger partial charge in [0.15, 0.2) is 0 Å². The minimum Gasteiger partial charge on any atom is -0.312 e. The summed E-state index contributed by atoms with van der Waals surface area (Å²) >= 11 is 1.81. The third kappa shape index (κ3) is 6.53. The van der Waals surface area contributed by atoms with Crippen LogP contribution in [-0.2, 0) is 11.8 Å². The molecule has 1 unspecified atom stereocenters. The van der Waals surface area contributed by atoms with Gasteiger partial charge < -0.3 is 5.32 Å². The average Bonchev–Trinajstić information content (AvgIpc) is 2.70. The number of hydrogen-bond acceptors (Lipinski definition) is 3. The predicted octanol–water partition coefficient (Wildman–Crippen LogP) is 4.40. The molecule has 19 heavy (non-hydrogen) atoms. The van der Waals surface area contributed by atoms with Gasteiger partial charge in [0.25, 0.3) is 0 Å². The van der Waals surface area contributed by atoms with E-state index in [1.807, 2.05) is 11.3 Å². The molecular weight excluding hydrogens is 252 g/mol. The van der Waals surface area contributed by atoms with Crippen LogP contribution < -0.4 is 5.32 Å². The molecule has 1 aromatic rings. The first kappa shape index (κ1) is 16.6. The summed E-state index contributed by atoms with van der Waals surface area (Å²) in [5.41, 5.74) is 1.62. The lowest BCUT2D eigenvalue weighted by molar-refractivity contribution is 0.372. The van der Waals surface area contributed by atoms with Gasteiger partial charge in [0, 0.05) is 16.3 Å². The summed E-state index contributed by atoms with van der Waals surface area (Å²) in [6, 6.07) is 0. The van der Waals surface area contributed by atoms with Crippen LogP contribution in [0.4, 0.5) is 0 Å². The van der Waals surface area contributed by atoms with E-state index >= 15 is 0 Å². The molecule has 0 saturated heterocycles. The number of aryl methyl sites for hydroxylation is 1. The maximum absolute atomic E-state index is 4.76. The van der Waals surface area contributed by atoms with Crippen LogP contribution in [0.25, 0.3) is 0 Å². The van der Waals surface area contributed by atoms with Gasteiger partial charge in [-0.05, 0) is 46.1 Å². The molecule has 0 radical (unpaired) electrons. The van der Waals surface area contributed by atoms with Crippen LogP contribution in [-0.4, -0.2) is 17.1 Å². The van der Waals surface area contributed by atoms with E-state index in [-0.39, 0.29) is 11.0 Å². The minimum atomic E-state index is 0.175. The van der Waals surface area contributed by atoms with Gasteiger partial charge in [-0.1, -0.05) is 27.7 Å². The summed E-state index contributed by atoms with van der Waals surface area (Å²) in [5, 5.41) is 7.07. The van der Waals surface area contributed by atoms with E-state index < -0.39 is 0 Å². The summed E-state index contributed by atoms with van der Waals surface area (Å²) < 4.78 is 0. The quantitative estimate of drug-likeness (QED) is 0.866. The van der Waals surface area contributed by atoms with Gasteiger partial charge in [-0.25, -0.2) is 4.98 Å². The van der Waals surface area contributed by atoms with Gasteiger partial charge in [0.05, 0.1) is 10.7 Å². The molecule has 1 atom stereocenters. The number of nitrogens with zero attached hydrogens (tertiary/aromatic N) is 1. The Balaban J connectivity index is 2.38. The van der Waals surface area contributed by atoms with Crippen molar-refractivity contribution in [3.63, 3.8) is 0 Å². The van der Waals surface area contributed by atoms with Gasteiger partial charge >= 0.3 is 0 Å². The average molecular weight is 282 g/mol. The van der Waals surface area contributed by atoms with E-state index in [4.69, 9.17) is 4.98 Å². The number of aromatic nitrogens is 1. The minimum absolute atomic E-state index is 0.175. The SMILES string of the molecule is CC(CCc1nc(C(C)(C)C)cs1)CNC(C)(C)C. The topological polar surface area (TPSA) is 24.9 Å². The highest BCUT2D eigenvalue weighted by Crippen LogP contribution is 2.24. The second-order valence-corrected chi connectivity index (χ2v) is 8.59. The van der Waals surface area contributed by atoms with Crippen LogP contribution in [0.5, 0.6) is 0 Å². The zero-order valence-electron chi connectivity index (χ0n) is 13.6. The first-order valence-electron chi connectivity index (χ1n) is 7.28. The second kappa shape index (κ2) is 6.36. The molecule has 1 aromatic heterocycles. The molecule has 110 valence electrons. The van der Waals surface area contributed by atoms with E-state index in [2.05, 4.69) is 59.2 Å². The molecule has 3 heteroatoms. The van der Waals surface area contributed by atoms with Crippen molar-refractivity contribution >= 4 is 11.3 Å². The molecule has 0 saturated carbocycles. The van der Waals surface area contributed by atoms with Crippen molar-refractivity contribution in [3.05, 3.63) is 16.1 Å². The lowest BCUT2D eigenvalue weighted by Gasteiger charge is -2.23. The van der Waals surface area contributed by atoms with Gasteiger partial charge in [-0.3, -0.25) is 0 Å². The molecule has 0 amide bonds. The maximum Gasteiger partial charge on any atom is 0.0928 e. The smallest absolute Gasteiger partial charge is 0.0928 e.